The Morgan fingerprint density at radius 1 is 1.15 bits per heavy atom. The molecule has 1 saturated heterocycles. The molecule has 1 heterocycles. The Kier molecular flexibility index (Phi) is 5.97. The highest BCUT2D eigenvalue weighted by molar-refractivity contribution is 5.79. The largest absolute Gasteiger partial charge is 0.508 e. The van der Waals surface area contributed by atoms with Crippen molar-refractivity contribution in [1.82, 2.24) is 4.90 Å². The van der Waals surface area contributed by atoms with Gasteiger partial charge in [0.2, 0.25) is 5.91 Å². The van der Waals surface area contributed by atoms with Crippen LogP contribution in [0.3, 0.4) is 0 Å². The van der Waals surface area contributed by atoms with E-state index in [9.17, 15) is 9.90 Å². The Morgan fingerprint density at radius 3 is 2.50 bits per heavy atom. The van der Waals surface area contributed by atoms with Crippen molar-refractivity contribution < 1.29 is 9.90 Å². The smallest absolute Gasteiger partial charge is 0.225 e. The van der Waals surface area contributed by atoms with Crippen LogP contribution in [0.2, 0.25) is 0 Å². The predicted molar refractivity (Wildman–Crippen MR) is 105 cm³/mol. The molecule has 1 fully saturated rings. The highest BCUT2D eigenvalue weighted by Gasteiger charge is 2.27. The summed E-state index contributed by atoms with van der Waals surface area (Å²) in [4.78, 5) is 14.8. The summed E-state index contributed by atoms with van der Waals surface area (Å²) in [5.41, 5.74) is 3.79. The molecular formula is C23H29NO2. The maximum absolute atomic E-state index is 12.8. The van der Waals surface area contributed by atoms with Crippen molar-refractivity contribution in [2.45, 2.75) is 45.4 Å². The van der Waals surface area contributed by atoms with E-state index in [1.54, 1.807) is 6.07 Å². The predicted octanol–water partition coefficient (Wildman–Crippen LogP) is 4.54. The van der Waals surface area contributed by atoms with Crippen molar-refractivity contribution in [3.05, 3.63) is 65.2 Å². The van der Waals surface area contributed by atoms with Crippen molar-refractivity contribution in [3.8, 4) is 5.75 Å². The summed E-state index contributed by atoms with van der Waals surface area (Å²) in [6.07, 6.45) is 3.73. The zero-order valence-corrected chi connectivity index (χ0v) is 15.8. The van der Waals surface area contributed by atoms with E-state index in [0.29, 0.717) is 11.7 Å². The normalized spacial score (nSPS) is 16.5. The number of carbonyl (C=O) groups is 1. The molecule has 1 unspecified atom stereocenters. The minimum absolute atomic E-state index is 0.0221. The van der Waals surface area contributed by atoms with Crippen molar-refractivity contribution in [2.24, 2.45) is 5.92 Å². The molecule has 0 aromatic heterocycles. The molecule has 0 bridgehead atoms. The first kappa shape index (κ1) is 18.5. The van der Waals surface area contributed by atoms with Crippen molar-refractivity contribution >= 4 is 5.91 Å². The van der Waals surface area contributed by atoms with Crippen LogP contribution in [0.25, 0.3) is 0 Å². The first-order chi connectivity index (χ1) is 12.6. The summed E-state index contributed by atoms with van der Waals surface area (Å²) in [5.74, 6) is 1.12. The van der Waals surface area contributed by atoms with Crippen LogP contribution in [0.15, 0.2) is 48.5 Å². The number of piperidine rings is 1. The molecule has 1 amide bonds. The molecule has 0 aliphatic carbocycles. The van der Waals surface area contributed by atoms with E-state index in [4.69, 9.17) is 0 Å². The Labute approximate surface area is 156 Å². The summed E-state index contributed by atoms with van der Waals surface area (Å²) < 4.78 is 0. The fourth-order valence-electron chi connectivity index (χ4n) is 4.07. The van der Waals surface area contributed by atoms with E-state index in [0.717, 1.165) is 38.8 Å². The van der Waals surface area contributed by atoms with Gasteiger partial charge in [-0.2, -0.15) is 0 Å². The molecule has 1 N–H and O–H groups in total. The highest BCUT2D eigenvalue weighted by Crippen LogP contribution is 2.33. The number of rotatable bonds is 5. The van der Waals surface area contributed by atoms with Crippen LogP contribution < -0.4 is 0 Å². The van der Waals surface area contributed by atoms with Crippen LogP contribution in [-0.4, -0.2) is 29.0 Å². The van der Waals surface area contributed by atoms with E-state index < -0.39 is 0 Å². The number of phenols is 1. The molecule has 0 spiro atoms. The van der Waals surface area contributed by atoms with Gasteiger partial charge in [-0.1, -0.05) is 50.2 Å². The molecule has 138 valence electrons. The fraction of sp³-hybridized carbons (Fsp3) is 0.435. The molecule has 1 aliphatic heterocycles. The SMILES string of the molecule is CCc1cc(O)ccc1C1CCN(C(=O)C(C)Cc2ccccc2)CC1. The van der Waals surface area contributed by atoms with Crippen LogP contribution in [0.4, 0.5) is 0 Å². The molecule has 26 heavy (non-hydrogen) atoms. The van der Waals surface area contributed by atoms with Crippen LogP contribution in [0, 0.1) is 5.92 Å². The van der Waals surface area contributed by atoms with Gasteiger partial charge in [0.15, 0.2) is 0 Å². The zero-order valence-electron chi connectivity index (χ0n) is 15.8. The summed E-state index contributed by atoms with van der Waals surface area (Å²) >= 11 is 0. The third kappa shape index (κ3) is 4.27. The van der Waals surface area contributed by atoms with Crippen molar-refractivity contribution in [2.75, 3.05) is 13.1 Å². The lowest BCUT2D eigenvalue weighted by Gasteiger charge is -2.34. The van der Waals surface area contributed by atoms with Crippen molar-refractivity contribution in [1.29, 1.82) is 0 Å². The van der Waals surface area contributed by atoms with Crippen LogP contribution in [0.1, 0.15) is 49.3 Å². The number of amides is 1. The second kappa shape index (κ2) is 8.39. The van der Waals surface area contributed by atoms with Gasteiger partial charge >= 0.3 is 0 Å². The second-order valence-electron chi connectivity index (χ2n) is 7.43. The average molecular weight is 351 g/mol. The molecule has 2 aromatic rings. The van der Waals surface area contributed by atoms with Gasteiger partial charge in [0.25, 0.3) is 0 Å². The zero-order chi connectivity index (χ0) is 18.5. The lowest BCUT2D eigenvalue weighted by Crippen LogP contribution is -2.41. The highest BCUT2D eigenvalue weighted by atomic mass is 16.3. The Hall–Kier alpha value is -2.29. The summed E-state index contributed by atoms with van der Waals surface area (Å²) in [6, 6.07) is 16.0. The molecule has 0 radical (unpaired) electrons. The van der Waals surface area contributed by atoms with E-state index in [1.165, 1.54) is 16.7 Å². The lowest BCUT2D eigenvalue weighted by molar-refractivity contribution is -0.136. The minimum atomic E-state index is 0.0221. The van der Waals surface area contributed by atoms with E-state index in [-0.39, 0.29) is 11.8 Å². The quantitative estimate of drug-likeness (QED) is 0.859. The number of phenolic OH excluding ortho intramolecular Hbond substituents is 1. The molecule has 1 atom stereocenters. The first-order valence-electron chi connectivity index (χ1n) is 9.73. The van der Waals surface area contributed by atoms with Gasteiger partial charge in [-0.15, -0.1) is 0 Å². The molecule has 2 aromatic carbocycles. The second-order valence-corrected chi connectivity index (χ2v) is 7.43. The number of carbonyl (C=O) groups excluding carboxylic acids is 1. The molecule has 3 nitrogen and oxygen atoms in total. The standard InChI is InChI=1S/C23H29NO2/c1-3-19-16-21(25)9-10-22(19)20-11-13-24(14-12-20)23(26)17(2)15-18-7-5-4-6-8-18/h4-10,16-17,20,25H,3,11-15H2,1-2H3. The number of hydrogen-bond donors (Lipinski definition) is 1. The Bertz CT molecular complexity index is 733. The van der Waals surface area contributed by atoms with Gasteiger partial charge in [0.1, 0.15) is 5.75 Å². The Balaban J connectivity index is 1.59. The lowest BCUT2D eigenvalue weighted by atomic mass is 9.85. The molecule has 3 heteroatoms. The van der Waals surface area contributed by atoms with Gasteiger partial charge in [-0.05, 0) is 60.4 Å². The van der Waals surface area contributed by atoms with Gasteiger partial charge in [-0.25, -0.2) is 0 Å². The molecular weight excluding hydrogens is 322 g/mol. The van der Waals surface area contributed by atoms with E-state index in [1.807, 2.05) is 36.1 Å². The first-order valence-corrected chi connectivity index (χ1v) is 9.73. The van der Waals surface area contributed by atoms with Gasteiger partial charge in [0.05, 0.1) is 0 Å². The maximum atomic E-state index is 12.8. The number of likely N-dealkylation sites (tertiary alicyclic amines) is 1. The third-order valence-electron chi connectivity index (χ3n) is 5.56. The summed E-state index contributed by atoms with van der Waals surface area (Å²) in [7, 11) is 0. The van der Waals surface area contributed by atoms with Gasteiger partial charge in [0, 0.05) is 19.0 Å². The topological polar surface area (TPSA) is 40.5 Å². The summed E-state index contributed by atoms with van der Waals surface area (Å²) in [6.45, 7) is 5.82. The number of aromatic hydroxyl groups is 1. The summed E-state index contributed by atoms with van der Waals surface area (Å²) in [5, 5.41) is 9.71. The van der Waals surface area contributed by atoms with Gasteiger partial charge < -0.3 is 10.0 Å². The Morgan fingerprint density at radius 2 is 1.85 bits per heavy atom. The monoisotopic (exact) mass is 351 g/mol. The van der Waals surface area contributed by atoms with Crippen LogP contribution >= 0.6 is 0 Å². The minimum Gasteiger partial charge on any atom is -0.508 e. The number of nitrogens with zero attached hydrogens (tertiary/aromatic N) is 1. The molecule has 0 saturated carbocycles. The van der Waals surface area contributed by atoms with E-state index in [2.05, 4.69) is 25.1 Å². The van der Waals surface area contributed by atoms with Crippen LogP contribution in [0.5, 0.6) is 5.75 Å². The number of benzene rings is 2. The van der Waals surface area contributed by atoms with Crippen molar-refractivity contribution in [3.63, 3.8) is 0 Å². The van der Waals surface area contributed by atoms with Gasteiger partial charge in [-0.3, -0.25) is 4.79 Å². The third-order valence-corrected chi connectivity index (χ3v) is 5.56. The maximum Gasteiger partial charge on any atom is 0.225 e. The average Bonchev–Trinajstić information content (AvgIpc) is 2.68. The molecule has 1 aliphatic rings. The fourth-order valence-corrected chi connectivity index (χ4v) is 4.07. The molecule has 3 rings (SSSR count). The van der Waals surface area contributed by atoms with E-state index >= 15 is 0 Å². The van der Waals surface area contributed by atoms with Crippen LogP contribution in [-0.2, 0) is 17.6 Å². The number of aryl methyl sites for hydroxylation is 1. The number of hydrogen-bond acceptors (Lipinski definition) is 2.